The number of phenols is 1. The molecular weight excluding hydrogens is 484 g/mol. The molecule has 1 aliphatic carbocycles. The lowest BCUT2D eigenvalue weighted by atomic mass is 9.88. The molecule has 0 radical (unpaired) electrons. The number of ketones is 2. The van der Waals surface area contributed by atoms with Gasteiger partial charge >= 0.3 is 0 Å². The van der Waals surface area contributed by atoms with Gasteiger partial charge in [-0.15, -0.1) is 0 Å². The van der Waals surface area contributed by atoms with Crippen LogP contribution in [-0.4, -0.2) is 16.7 Å². The summed E-state index contributed by atoms with van der Waals surface area (Å²) < 4.78 is 5.89. The molecule has 0 amide bonds. The normalized spacial score (nSPS) is 14.6. The van der Waals surface area contributed by atoms with Crippen molar-refractivity contribution in [3.8, 4) is 17.2 Å². The third-order valence-electron chi connectivity index (χ3n) is 6.57. The minimum absolute atomic E-state index is 0.000435. The zero-order valence-electron chi connectivity index (χ0n) is 23.3. The first-order valence-electron chi connectivity index (χ1n) is 13.7. The molecule has 0 aromatic heterocycles. The van der Waals surface area contributed by atoms with Gasteiger partial charge in [-0.25, -0.2) is 0 Å². The third-order valence-corrected chi connectivity index (χ3v) is 6.57. The van der Waals surface area contributed by atoms with Crippen LogP contribution < -0.4 is 4.74 Å². The average molecular weight is 523 g/mol. The molecule has 4 rings (SSSR count). The van der Waals surface area contributed by atoms with Gasteiger partial charge < -0.3 is 9.84 Å². The first kappa shape index (κ1) is 29.4. The predicted octanol–water partition coefficient (Wildman–Crippen LogP) is 9.26. The standard InChI is InChI=1S/C31H28O4.C4H10/c1-3-4-21(2)22-5-7-23(8-6-22)30(33)25-11-17-28(18-12-25)35-29-19-13-26(14-20-29)31(34)24-9-15-27(32)16-10-24;1-3-4-2/h4-5,7-20,22,32H,3,6H2,1-2H3;3-4H2,1-2H3. The Morgan fingerprint density at radius 3 is 1.72 bits per heavy atom. The molecule has 1 aliphatic rings. The molecule has 0 heterocycles. The SMILES string of the molecule is CCC=C(C)C1C=CC(C(=O)c2ccc(Oc3ccc(C(=O)c4ccc(O)cc4)cc3)cc2)=CC1.CCCC. The summed E-state index contributed by atoms with van der Waals surface area (Å²) >= 11 is 0. The third kappa shape index (κ3) is 8.41. The molecule has 0 aliphatic heterocycles. The molecule has 0 saturated carbocycles. The van der Waals surface area contributed by atoms with Crippen LogP contribution in [0.25, 0.3) is 0 Å². The van der Waals surface area contributed by atoms with Gasteiger partial charge in [-0.3, -0.25) is 9.59 Å². The largest absolute Gasteiger partial charge is 0.508 e. The van der Waals surface area contributed by atoms with Crippen LogP contribution >= 0.6 is 0 Å². The lowest BCUT2D eigenvalue weighted by Crippen LogP contribution is -2.08. The number of benzene rings is 3. The highest BCUT2D eigenvalue weighted by Crippen LogP contribution is 2.27. The van der Waals surface area contributed by atoms with Crippen LogP contribution in [0.4, 0.5) is 0 Å². The van der Waals surface area contributed by atoms with Gasteiger partial charge in [0.1, 0.15) is 17.2 Å². The predicted molar refractivity (Wildman–Crippen MR) is 159 cm³/mol. The summed E-state index contributed by atoms with van der Waals surface area (Å²) in [6, 6.07) is 20.1. The molecule has 39 heavy (non-hydrogen) atoms. The van der Waals surface area contributed by atoms with E-state index >= 15 is 0 Å². The fraction of sp³-hybridized carbons (Fsp3) is 0.257. The number of allylic oxidation sites excluding steroid dienone is 6. The van der Waals surface area contributed by atoms with Gasteiger partial charge in [0.2, 0.25) is 0 Å². The lowest BCUT2D eigenvalue weighted by Gasteiger charge is -2.16. The summed E-state index contributed by atoms with van der Waals surface area (Å²) in [6.07, 6.45) is 12.8. The molecule has 1 atom stereocenters. The van der Waals surface area contributed by atoms with Gasteiger partial charge in [-0.2, -0.15) is 0 Å². The summed E-state index contributed by atoms with van der Waals surface area (Å²) in [4.78, 5) is 25.5. The zero-order chi connectivity index (χ0) is 28.2. The van der Waals surface area contributed by atoms with Gasteiger partial charge in [-0.05, 0) is 92.6 Å². The summed E-state index contributed by atoms with van der Waals surface area (Å²) in [5.74, 6) is 1.55. The molecular formula is C35H38O4. The molecule has 1 N–H and O–H groups in total. The molecule has 3 aromatic rings. The monoisotopic (exact) mass is 522 g/mol. The van der Waals surface area contributed by atoms with Crippen LogP contribution in [-0.2, 0) is 0 Å². The summed E-state index contributed by atoms with van der Waals surface area (Å²) in [5.41, 5.74) is 3.70. The van der Waals surface area contributed by atoms with Crippen molar-refractivity contribution in [1.29, 1.82) is 0 Å². The number of carbonyl (C=O) groups excluding carboxylic acids is 2. The van der Waals surface area contributed by atoms with Crippen molar-refractivity contribution < 1.29 is 19.4 Å². The molecule has 4 nitrogen and oxygen atoms in total. The Hall–Kier alpha value is -4.18. The van der Waals surface area contributed by atoms with Crippen molar-refractivity contribution in [3.63, 3.8) is 0 Å². The van der Waals surface area contributed by atoms with Crippen LogP contribution in [0, 0.1) is 5.92 Å². The number of hydrogen-bond acceptors (Lipinski definition) is 4. The van der Waals surface area contributed by atoms with Crippen molar-refractivity contribution >= 4 is 11.6 Å². The van der Waals surface area contributed by atoms with Gasteiger partial charge in [-0.1, -0.05) is 63.5 Å². The van der Waals surface area contributed by atoms with Gasteiger partial charge in [0.25, 0.3) is 0 Å². The second-order valence-electron chi connectivity index (χ2n) is 9.57. The van der Waals surface area contributed by atoms with Crippen LogP contribution in [0.2, 0.25) is 0 Å². The Labute approximate surface area is 232 Å². The van der Waals surface area contributed by atoms with Crippen LogP contribution in [0.3, 0.4) is 0 Å². The van der Waals surface area contributed by atoms with Crippen molar-refractivity contribution in [2.24, 2.45) is 5.92 Å². The highest BCUT2D eigenvalue weighted by molar-refractivity contribution is 6.10. The summed E-state index contributed by atoms with van der Waals surface area (Å²) in [6.45, 7) is 8.63. The maximum atomic E-state index is 12.9. The Kier molecular flexibility index (Phi) is 11.1. The topological polar surface area (TPSA) is 63.6 Å². The van der Waals surface area contributed by atoms with E-state index in [-0.39, 0.29) is 17.3 Å². The Morgan fingerprint density at radius 1 is 0.795 bits per heavy atom. The first-order chi connectivity index (χ1) is 18.9. The number of carbonyl (C=O) groups is 2. The Balaban J connectivity index is 0.000000983. The van der Waals surface area contributed by atoms with E-state index in [0.29, 0.717) is 39.7 Å². The van der Waals surface area contributed by atoms with E-state index < -0.39 is 0 Å². The fourth-order valence-electron chi connectivity index (χ4n) is 4.03. The second kappa shape index (κ2) is 14.7. The average Bonchev–Trinajstić information content (AvgIpc) is 2.98. The van der Waals surface area contributed by atoms with Gasteiger partial charge in [0, 0.05) is 28.2 Å². The number of hydrogen-bond donors (Lipinski definition) is 1. The molecule has 0 fully saturated rings. The molecule has 202 valence electrons. The van der Waals surface area contributed by atoms with E-state index in [1.54, 1.807) is 60.7 Å². The Bertz CT molecular complexity index is 1320. The van der Waals surface area contributed by atoms with Crippen LogP contribution in [0.5, 0.6) is 17.2 Å². The van der Waals surface area contributed by atoms with Crippen molar-refractivity contribution in [1.82, 2.24) is 0 Å². The van der Waals surface area contributed by atoms with E-state index in [4.69, 9.17) is 4.74 Å². The minimum Gasteiger partial charge on any atom is -0.508 e. The smallest absolute Gasteiger partial charge is 0.193 e. The number of aromatic hydroxyl groups is 1. The number of rotatable bonds is 9. The van der Waals surface area contributed by atoms with Crippen molar-refractivity contribution in [2.75, 3.05) is 0 Å². The fourth-order valence-corrected chi connectivity index (χ4v) is 4.03. The molecule has 3 aromatic carbocycles. The summed E-state index contributed by atoms with van der Waals surface area (Å²) in [5, 5.41) is 9.39. The van der Waals surface area contributed by atoms with Gasteiger partial charge in [0.15, 0.2) is 11.6 Å². The van der Waals surface area contributed by atoms with E-state index in [1.807, 2.05) is 12.2 Å². The highest BCUT2D eigenvalue weighted by Gasteiger charge is 2.16. The van der Waals surface area contributed by atoms with E-state index in [0.717, 1.165) is 12.8 Å². The first-order valence-corrected chi connectivity index (χ1v) is 13.7. The number of Topliss-reactive ketones (excluding diaryl/α,β-unsaturated/α-hetero) is 1. The maximum absolute atomic E-state index is 12.9. The second-order valence-corrected chi connectivity index (χ2v) is 9.57. The molecule has 0 saturated heterocycles. The molecule has 4 heteroatoms. The van der Waals surface area contributed by atoms with Crippen LogP contribution in [0.15, 0.2) is 108 Å². The highest BCUT2D eigenvalue weighted by atomic mass is 16.5. The van der Waals surface area contributed by atoms with E-state index in [2.05, 4.69) is 39.8 Å². The van der Waals surface area contributed by atoms with Crippen LogP contribution in [0.1, 0.15) is 79.7 Å². The minimum atomic E-state index is -0.131. The lowest BCUT2D eigenvalue weighted by molar-refractivity contribution is 0.103. The zero-order valence-corrected chi connectivity index (χ0v) is 23.3. The Morgan fingerprint density at radius 2 is 1.28 bits per heavy atom. The van der Waals surface area contributed by atoms with E-state index in [9.17, 15) is 14.7 Å². The van der Waals surface area contributed by atoms with Crippen molar-refractivity contribution in [3.05, 3.63) is 125 Å². The molecule has 1 unspecified atom stereocenters. The van der Waals surface area contributed by atoms with Gasteiger partial charge in [0.05, 0.1) is 0 Å². The van der Waals surface area contributed by atoms with Crippen molar-refractivity contribution in [2.45, 2.75) is 53.4 Å². The summed E-state index contributed by atoms with van der Waals surface area (Å²) in [7, 11) is 0. The molecule has 0 bridgehead atoms. The quantitative estimate of drug-likeness (QED) is 0.225. The van der Waals surface area contributed by atoms with E-state index in [1.165, 1.54) is 30.5 Å². The number of unbranched alkanes of at least 4 members (excludes halogenated alkanes) is 1. The molecule has 0 spiro atoms. The number of ether oxygens (including phenoxy) is 1. The number of phenolic OH excluding ortho intramolecular Hbond substituents is 1. The maximum Gasteiger partial charge on any atom is 0.193 e.